The fraction of sp³-hybridized carbons (Fsp3) is 0.318. The average molecular weight is 563 g/mol. The Kier molecular flexibility index (Phi) is 6.84. The first-order valence-corrected chi connectivity index (χ1v) is 12.6. The molecule has 0 unspecified atom stereocenters. The molecule has 3 aromatic rings. The summed E-state index contributed by atoms with van der Waals surface area (Å²) in [5, 5.41) is 7.99. The number of carbonyl (C=O) groups is 1. The molecule has 2 aliphatic rings. The lowest BCUT2D eigenvalue weighted by molar-refractivity contribution is -0.119. The predicted octanol–water partition coefficient (Wildman–Crippen LogP) is 4.11. The molecule has 1 atom stereocenters. The van der Waals surface area contributed by atoms with Crippen molar-refractivity contribution in [2.24, 2.45) is 5.73 Å². The number of benzene rings is 2. The first-order chi connectivity index (χ1) is 16.4. The highest BCUT2D eigenvalue weighted by Gasteiger charge is 2.48. The minimum absolute atomic E-state index is 0. The Bertz CT molecular complexity index is 1430. The lowest BCUT2D eigenvalue weighted by Crippen LogP contribution is -2.45. The van der Waals surface area contributed by atoms with E-state index in [1.807, 2.05) is 0 Å². The molecular formula is C22H19Cl2F3N4O4S. The van der Waals surface area contributed by atoms with Gasteiger partial charge in [0.25, 0.3) is 5.89 Å². The summed E-state index contributed by atoms with van der Waals surface area (Å²) in [6, 6.07) is 7.06. The monoisotopic (exact) mass is 562 g/mol. The molecule has 1 aliphatic heterocycles. The van der Waals surface area contributed by atoms with Crippen molar-refractivity contribution in [2.75, 3.05) is 10.7 Å². The van der Waals surface area contributed by atoms with Crippen LogP contribution in [0.1, 0.15) is 30.2 Å². The molecule has 2 N–H and O–H groups in total. The molecule has 2 aromatic carbocycles. The van der Waals surface area contributed by atoms with Crippen LogP contribution in [0, 0.1) is 5.82 Å². The van der Waals surface area contributed by atoms with Crippen LogP contribution in [0.2, 0.25) is 5.02 Å². The summed E-state index contributed by atoms with van der Waals surface area (Å²) in [6.45, 7) is -0.0659. The van der Waals surface area contributed by atoms with Crippen LogP contribution in [-0.2, 0) is 21.2 Å². The van der Waals surface area contributed by atoms with E-state index in [0.29, 0.717) is 10.6 Å². The van der Waals surface area contributed by atoms with Crippen LogP contribution >= 0.6 is 24.0 Å². The highest BCUT2D eigenvalue weighted by molar-refractivity contribution is 7.91. The van der Waals surface area contributed by atoms with Crippen molar-refractivity contribution < 1.29 is 30.8 Å². The van der Waals surface area contributed by atoms with Gasteiger partial charge in [-0.25, -0.2) is 21.6 Å². The number of halogens is 5. The van der Waals surface area contributed by atoms with Gasteiger partial charge in [-0.1, -0.05) is 23.7 Å². The number of amides is 1. The highest BCUT2D eigenvalue weighted by Crippen LogP contribution is 2.48. The van der Waals surface area contributed by atoms with Crippen LogP contribution < -0.4 is 10.6 Å². The summed E-state index contributed by atoms with van der Waals surface area (Å²) < 4.78 is 72.8. The van der Waals surface area contributed by atoms with Gasteiger partial charge >= 0.3 is 0 Å². The van der Waals surface area contributed by atoms with Crippen LogP contribution in [0.25, 0.3) is 11.5 Å². The average Bonchev–Trinajstić information content (AvgIpc) is 3.23. The number of nitrogens with zero attached hydrogens (tertiary/aromatic N) is 3. The summed E-state index contributed by atoms with van der Waals surface area (Å²) in [5.41, 5.74) is 6.13. The van der Waals surface area contributed by atoms with E-state index in [4.69, 9.17) is 21.8 Å². The third kappa shape index (κ3) is 4.82. The van der Waals surface area contributed by atoms with E-state index in [2.05, 4.69) is 10.2 Å². The number of rotatable bonds is 4. The minimum atomic E-state index is -4.13. The topological polar surface area (TPSA) is 119 Å². The van der Waals surface area contributed by atoms with Crippen LogP contribution in [-0.4, -0.2) is 42.2 Å². The SMILES string of the molecule is Cl.N[C@H]1CS(=O)(=O)c2cc(F)c(-c3nnc(C4CC(F)(F)C4)o3)cc2N(Cc2ccc(Cl)cc2)C1=O. The number of anilines is 1. The number of sulfone groups is 1. The third-order valence-corrected chi connectivity index (χ3v) is 8.07. The van der Waals surface area contributed by atoms with Gasteiger partial charge in [0, 0.05) is 23.8 Å². The van der Waals surface area contributed by atoms with Crippen LogP contribution in [0.4, 0.5) is 18.9 Å². The molecule has 5 rings (SSSR count). The van der Waals surface area contributed by atoms with Gasteiger partial charge in [0.15, 0.2) is 9.84 Å². The zero-order valence-electron chi connectivity index (χ0n) is 18.3. The molecule has 0 radical (unpaired) electrons. The number of aromatic nitrogens is 2. The van der Waals surface area contributed by atoms with Crippen LogP contribution in [0.3, 0.4) is 0 Å². The fourth-order valence-corrected chi connectivity index (χ4v) is 5.86. The number of carbonyl (C=O) groups excluding carboxylic acids is 1. The molecule has 0 spiro atoms. The molecule has 14 heteroatoms. The third-order valence-electron chi connectivity index (χ3n) is 6.02. The summed E-state index contributed by atoms with van der Waals surface area (Å²) in [5.74, 6) is -6.22. The Morgan fingerprint density at radius 2 is 1.83 bits per heavy atom. The molecule has 2 heterocycles. The lowest BCUT2D eigenvalue weighted by atomic mass is 9.81. The maximum Gasteiger partial charge on any atom is 0.250 e. The van der Waals surface area contributed by atoms with Gasteiger partial charge in [-0.3, -0.25) is 4.79 Å². The van der Waals surface area contributed by atoms with Crippen LogP contribution in [0.15, 0.2) is 45.7 Å². The van der Waals surface area contributed by atoms with E-state index in [1.54, 1.807) is 24.3 Å². The Hall–Kier alpha value is -2.67. The Morgan fingerprint density at radius 1 is 1.17 bits per heavy atom. The normalized spacial score (nSPS) is 20.8. The van der Waals surface area contributed by atoms with Crippen molar-refractivity contribution in [3.63, 3.8) is 0 Å². The Labute approximate surface area is 214 Å². The van der Waals surface area contributed by atoms with Crippen LogP contribution in [0.5, 0.6) is 0 Å². The summed E-state index contributed by atoms with van der Waals surface area (Å²) >= 11 is 5.92. The first-order valence-electron chi connectivity index (χ1n) is 10.5. The molecule has 1 amide bonds. The van der Waals surface area contributed by atoms with E-state index < -0.39 is 62.9 Å². The van der Waals surface area contributed by atoms with Gasteiger partial charge in [-0.05, 0) is 29.8 Å². The highest BCUT2D eigenvalue weighted by atomic mass is 35.5. The largest absolute Gasteiger partial charge is 0.420 e. The van der Waals surface area contributed by atoms with E-state index in [1.165, 1.54) is 0 Å². The second-order valence-electron chi connectivity index (χ2n) is 8.65. The van der Waals surface area contributed by atoms with Crippen molar-refractivity contribution in [3.8, 4) is 11.5 Å². The molecule has 36 heavy (non-hydrogen) atoms. The number of nitrogens with two attached hydrogens (primary N) is 1. The molecular weight excluding hydrogens is 544 g/mol. The van der Waals surface area contributed by atoms with Crippen molar-refractivity contribution >= 4 is 45.4 Å². The standard InChI is InChI=1S/C22H18ClF3N4O4S.ClH/c23-13-3-1-11(2-4-13)9-30-17-5-14(20-29-28-19(34-20)12-7-22(25,26)8-12)15(24)6-18(17)35(32,33)10-16(27)21(30)31;/h1-6,12,16H,7-10,27H2;1H/t16-;/m0./s1. The molecule has 0 bridgehead atoms. The molecule has 0 saturated heterocycles. The van der Waals surface area contributed by atoms with Gasteiger partial charge in [-0.15, -0.1) is 22.6 Å². The van der Waals surface area contributed by atoms with Crippen molar-refractivity contribution in [1.82, 2.24) is 10.2 Å². The smallest absolute Gasteiger partial charge is 0.250 e. The number of fused-ring (bicyclic) bond motifs is 1. The van der Waals surface area contributed by atoms with Gasteiger partial charge in [-0.2, -0.15) is 0 Å². The van der Waals surface area contributed by atoms with Gasteiger partial charge in [0.1, 0.15) is 5.82 Å². The Balaban J connectivity index is 0.00000304. The summed E-state index contributed by atoms with van der Waals surface area (Å²) in [6.07, 6.45) is -0.915. The second kappa shape index (κ2) is 9.33. The molecule has 1 aliphatic carbocycles. The van der Waals surface area contributed by atoms with Crippen molar-refractivity contribution in [3.05, 3.63) is 58.7 Å². The van der Waals surface area contributed by atoms with Gasteiger partial charge in [0.05, 0.1) is 34.5 Å². The van der Waals surface area contributed by atoms with Crippen molar-refractivity contribution in [2.45, 2.75) is 42.2 Å². The maximum absolute atomic E-state index is 15.1. The van der Waals surface area contributed by atoms with Gasteiger partial charge in [0.2, 0.25) is 17.7 Å². The quantitative estimate of drug-likeness (QED) is 0.508. The molecule has 1 saturated carbocycles. The van der Waals surface area contributed by atoms with E-state index in [-0.39, 0.29) is 42.0 Å². The maximum atomic E-state index is 15.1. The Morgan fingerprint density at radius 3 is 2.47 bits per heavy atom. The zero-order valence-corrected chi connectivity index (χ0v) is 20.7. The van der Waals surface area contributed by atoms with E-state index >= 15 is 4.39 Å². The number of hydrogen-bond acceptors (Lipinski definition) is 7. The molecule has 1 aromatic heterocycles. The van der Waals surface area contributed by atoms with Gasteiger partial charge < -0.3 is 15.1 Å². The predicted molar refractivity (Wildman–Crippen MR) is 127 cm³/mol. The minimum Gasteiger partial charge on any atom is -0.420 e. The lowest BCUT2D eigenvalue weighted by Gasteiger charge is -2.32. The van der Waals surface area contributed by atoms with E-state index in [0.717, 1.165) is 17.0 Å². The fourth-order valence-electron chi connectivity index (χ4n) is 4.16. The molecule has 1 fully saturated rings. The molecule has 8 nitrogen and oxygen atoms in total. The summed E-state index contributed by atoms with van der Waals surface area (Å²) in [4.78, 5) is 13.8. The second-order valence-corrected chi connectivity index (χ2v) is 11.1. The molecule has 192 valence electrons. The number of hydrogen-bond donors (Lipinski definition) is 1. The zero-order chi connectivity index (χ0) is 25.1. The summed E-state index contributed by atoms with van der Waals surface area (Å²) in [7, 11) is -4.13. The van der Waals surface area contributed by atoms with Crippen molar-refractivity contribution in [1.29, 1.82) is 0 Å². The van der Waals surface area contributed by atoms with E-state index in [9.17, 15) is 22.0 Å². The number of alkyl halides is 2. The first kappa shape index (κ1) is 26.4.